The number of nitrogens with one attached hydrogen (secondary N) is 2. The Morgan fingerprint density at radius 2 is 1.87 bits per heavy atom. The molecule has 1 saturated heterocycles. The van der Waals surface area contributed by atoms with Crippen LogP contribution in [0.1, 0.15) is 46.0 Å². The summed E-state index contributed by atoms with van der Waals surface area (Å²) < 4.78 is 10.5. The van der Waals surface area contributed by atoms with Gasteiger partial charge < -0.3 is 20.1 Å². The Balaban J connectivity index is 1.45. The topological polar surface area (TPSA) is 114 Å². The summed E-state index contributed by atoms with van der Waals surface area (Å²) in [6.07, 6.45) is 1.85. The molecular weight excluding hydrogens is 390 g/mol. The first-order chi connectivity index (χ1) is 14.3. The molecule has 0 aromatic heterocycles. The number of carbonyl (C=O) groups excluding carboxylic acids is 4. The minimum absolute atomic E-state index is 0.0710. The van der Waals surface area contributed by atoms with Crippen molar-refractivity contribution >= 4 is 29.5 Å². The summed E-state index contributed by atoms with van der Waals surface area (Å²) in [5.74, 6) is -0.723. The smallest absolute Gasteiger partial charge is 0.325 e. The molecule has 1 aliphatic carbocycles. The monoisotopic (exact) mass is 417 g/mol. The van der Waals surface area contributed by atoms with Crippen molar-refractivity contribution in [3.8, 4) is 5.75 Å². The predicted molar refractivity (Wildman–Crippen MR) is 108 cm³/mol. The van der Waals surface area contributed by atoms with Crippen molar-refractivity contribution < 1.29 is 28.7 Å². The van der Waals surface area contributed by atoms with Crippen LogP contribution in [0.15, 0.2) is 24.3 Å². The van der Waals surface area contributed by atoms with Gasteiger partial charge in [-0.05, 0) is 51.0 Å². The fraction of sp³-hybridized carbons (Fsp3) is 0.524. The highest BCUT2D eigenvalue weighted by Crippen LogP contribution is 2.35. The molecule has 0 bridgehead atoms. The summed E-state index contributed by atoms with van der Waals surface area (Å²) in [7, 11) is 0. The number of hydrogen-bond donors (Lipinski definition) is 2. The fourth-order valence-electron chi connectivity index (χ4n) is 3.75. The molecule has 2 aliphatic rings. The van der Waals surface area contributed by atoms with Crippen LogP contribution in [0.4, 0.5) is 10.5 Å². The number of rotatable bonds is 8. The zero-order valence-corrected chi connectivity index (χ0v) is 17.2. The van der Waals surface area contributed by atoms with Gasteiger partial charge in [0.2, 0.25) is 0 Å². The van der Waals surface area contributed by atoms with Crippen molar-refractivity contribution in [2.45, 2.75) is 57.6 Å². The van der Waals surface area contributed by atoms with Crippen LogP contribution in [0.3, 0.4) is 0 Å². The summed E-state index contributed by atoms with van der Waals surface area (Å²) in [4.78, 5) is 50.1. The van der Waals surface area contributed by atoms with Crippen LogP contribution < -0.4 is 15.4 Å². The lowest BCUT2D eigenvalue weighted by atomic mass is 9.98. The minimum Gasteiger partial charge on any atom is -0.494 e. The molecule has 2 fully saturated rings. The Labute approximate surface area is 175 Å². The molecule has 1 atom stereocenters. The second-order valence-electron chi connectivity index (χ2n) is 7.50. The van der Waals surface area contributed by atoms with Crippen LogP contribution in [0.5, 0.6) is 5.75 Å². The molecule has 9 heteroatoms. The largest absolute Gasteiger partial charge is 0.494 e. The molecule has 30 heavy (non-hydrogen) atoms. The zero-order valence-electron chi connectivity index (χ0n) is 17.2. The van der Waals surface area contributed by atoms with Gasteiger partial charge in [-0.25, -0.2) is 4.79 Å². The van der Waals surface area contributed by atoms with E-state index < -0.39 is 29.6 Å². The van der Waals surface area contributed by atoms with E-state index in [0.29, 0.717) is 30.9 Å². The van der Waals surface area contributed by atoms with Crippen LogP contribution in [0, 0.1) is 0 Å². The Hall–Kier alpha value is -3.10. The van der Waals surface area contributed by atoms with Gasteiger partial charge in [-0.15, -0.1) is 0 Å². The van der Waals surface area contributed by atoms with Crippen molar-refractivity contribution in [3.05, 3.63) is 24.3 Å². The van der Waals surface area contributed by atoms with E-state index in [1.807, 2.05) is 6.92 Å². The van der Waals surface area contributed by atoms with E-state index in [1.54, 1.807) is 24.3 Å². The number of ether oxygens (including phenoxy) is 2. The summed E-state index contributed by atoms with van der Waals surface area (Å²) in [6, 6.07) is 6.36. The van der Waals surface area contributed by atoms with Crippen molar-refractivity contribution in [3.63, 3.8) is 0 Å². The number of imide groups is 1. The molecule has 2 N–H and O–H groups in total. The average molecular weight is 417 g/mol. The van der Waals surface area contributed by atoms with Gasteiger partial charge in [0.05, 0.1) is 13.0 Å². The third-order valence-corrected chi connectivity index (χ3v) is 5.35. The first-order valence-electron chi connectivity index (χ1n) is 10.2. The van der Waals surface area contributed by atoms with Crippen LogP contribution in [0.2, 0.25) is 0 Å². The second kappa shape index (κ2) is 9.15. The number of hydrogen-bond acceptors (Lipinski definition) is 6. The molecule has 162 valence electrons. The van der Waals surface area contributed by atoms with Crippen LogP contribution >= 0.6 is 0 Å². The molecule has 4 amide bonds. The summed E-state index contributed by atoms with van der Waals surface area (Å²) in [5, 5.41) is 5.42. The van der Waals surface area contributed by atoms with Gasteiger partial charge in [0.15, 0.2) is 6.10 Å². The lowest BCUT2D eigenvalue weighted by molar-refractivity contribution is -0.153. The molecule has 1 aromatic carbocycles. The second-order valence-corrected chi connectivity index (χ2v) is 7.50. The molecular formula is C21H27N3O6. The first-order valence-corrected chi connectivity index (χ1v) is 10.2. The SMILES string of the molecule is CCOc1ccc(NC(=O)[C@H](C)OC(=O)CCN2C(=O)NC3(CCCC3)C2=O)cc1. The normalized spacial score (nSPS) is 18.3. The lowest BCUT2D eigenvalue weighted by Gasteiger charge is -2.20. The minimum atomic E-state index is -1.02. The Morgan fingerprint density at radius 3 is 2.50 bits per heavy atom. The van der Waals surface area contributed by atoms with E-state index >= 15 is 0 Å². The van der Waals surface area contributed by atoms with Gasteiger partial charge >= 0.3 is 12.0 Å². The van der Waals surface area contributed by atoms with Gasteiger partial charge in [-0.1, -0.05) is 12.8 Å². The van der Waals surface area contributed by atoms with Crippen LogP contribution in [0.25, 0.3) is 0 Å². The number of carbonyl (C=O) groups is 4. The molecule has 3 rings (SSSR count). The zero-order chi connectivity index (χ0) is 21.7. The summed E-state index contributed by atoms with van der Waals surface area (Å²) in [5.41, 5.74) is -0.251. The molecule has 0 radical (unpaired) electrons. The molecule has 9 nitrogen and oxygen atoms in total. The van der Waals surface area contributed by atoms with E-state index in [9.17, 15) is 19.2 Å². The molecule has 1 saturated carbocycles. The molecule has 1 heterocycles. The number of benzene rings is 1. The third kappa shape index (κ3) is 4.72. The Bertz CT molecular complexity index is 817. The van der Waals surface area contributed by atoms with Gasteiger partial charge in [0.25, 0.3) is 11.8 Å². The fourth-order valence-corrected chi connectivity index (χ4v) is 3.75. The molecule has 0 unspecified atom stereocenters. The highest BCUT2D eigenvalue weighted by atomic mass is 16.5. The van der Waals surface area contributed by atoms with Gasteiger partial charge in [0.1, 0.15) is 11.3 Å². The van der Waals surface area contributed by atoms with Crippen LogP contribution in [-0.2, 0) is 19.1 Å². The van der Waals surface area contributed by atoms with E-state index in [1.165, 1.54) is 6.92 Å². The quantitative estimate of drug-likeness (QED) is 0.495. The van der Waals surface area contributed by atoms with E-state index in [2.05, 4.69) is 10.6 Å². The maximum atomic E-state index is 12.6. The van der Waals surface area contributed by atoms with E-state index in [0.717, 1.165) is 17.7 Å². The van der Waals surface area contributed by atoms with Gasteiger partial charge in [-0.2, -0.15) is 0 Å². The third-order valence-electron chi connectivity index (χ3n) is 5.35. The maximum Gasteiger partial charge on any atom is 0.325 e. The Morgan fingerprint density at radius 1 is 1.20 bits per heavy atom. The predicted octanol–water partition coefficient (Wildman–Crippen LogP) is 2.21. The number of anilines is 1. The van der Waals surface area contributed by atoms with Crippen molar-refractivity contribution in [1.29, 1.82) is 0 Å². The van der Waals surface area contributed by atoms with Crippen molar-refractivity contribution in [1.82, 2.24) is 10.2 Å². The van der Waals surface area contributed by atoms with Gasteiger partial charge in [0, 0.05) is 12.2 Å². The first kappa shape index (κ1) is 21.6. The maximum absolute atomic E-state index is 12.6. The van der Waals surface area contributed by atoms with Crippen molar-refractivity contribution in [2.24, 2.45) is 0 Å². The van der Waals surface area contributed by atoms with E-state index in [-0.39, 0.29) is 18.9 Å². The highest BCUT2D eigenvalue weighted by Gasteiger charge is 2.52. The van der Waals surface area contributed by atoms with Crippen molar-refractivity contribution in [2.75, 3.05) is 18.5 Å². The number of esters is 1. The molecule has 1 spiro atoms. The molecule has 1 aromatic rings. The number of nitrogens with zero attached hydrogens (tertiary/aromatic N) is 1. The molecule has 1 aliphatic heterocycles. The van der Waals surface area contributed by atoms with E-state index in [4.69, 9.17) is 9.47 Å². The standard InChI is InChI=1S/C21H27N3O6/c1-3-29-16-8-6-15(7-9-16)22-18(26)14(2)30-17(25)10-13-24-19(27)21(23-20(24)28)11-4-5-12-21/h6-9,14H,3-5,10-13H2,1-2H3,(H,22,26)(H,23,28)/t14-/m0/s1. The highest BCUT2D eigenvalue weighted by molar-refractivity contribution is 6.07. The lowest BCUT2D eigenvalue weighted by Crippen LogP contribution is -2.44. The summed E-state index contributed by atoms with van der Waals surface area (Å²) in [6.45, 7) is 3.82. The van der Waals surface area contributed by atoms with Crippen LogP contribution in [-0.4, -0.2) is 53.5 Å². The van der Waals surface area contributed by atoms with Gasteiger partial charge in [-0.3, -0.25) is 19.3 Å². The Kier molecular flexibility index (Phi) is 6.59. The number of urea groups is 1. The summed E-state index contributed by atoms with van der Waals surface area (Å²) >= 11 is 0. The average Bonchev–Trinajstić information content (AvgIpc) is 3.27. The number of amides is 4.